The van der Waals surface area contributed by atoms with Crippen molar-refractivity contribution in [2.24, 2.45) is 5.92 Å². The van der Waals surface area contributed by atoms with Crippen molar-refractivity contribution < 1.29 is 24.2 Å². The fourth-order valence-electron chi connectivity index (χ4n) is 3.12. The molecular weight excluding hydrogens is 412 g/mol. The molecule has 1 fully saturated rings. The largest absolute Gasteiger partial charge is 0.478 e. The van der Waals surface area contributed by atoms with Crippen molar-refractivity contribution in [2.75, 3.05) is 19.7 Å². The Labute approximate surface area is 180 Å². The van der Waals surface area contributed by atoms with Crippen LogP contribution in [0.2, 0.25) is 5.15 Å². The summed E-state index contributed by atoms with van der Waals surface area (Å²) in [5, 5.41) is 11.9. The molecule has 0 aromatic carbocycles. The van der Waals surface area contributed by atoms with Gasteiger partial charge in [-0.3, -0.25) is 9.59 Å². The molecule has 2 rings (SSSR count). The van der Waals surface area contributed by atoms with E-state index in [1.807, 2.05) is 6.92 Å². The van der Waals surface area contributed by atoms with Crippen molar-refractivity contribution in [1.82, 2.24) is 20.2 Å². The first kappa shape index (κ1) is 23.9. The molecule has 0 unspecified atom stereocenters. The second-order valence-corrected chi connectivity index (χ2v) is 7.98. The summed E-state index contributed by atoms with van der Waals surface area (Å²) in [6, 6.07) is -0.314. The Kier molecular flexibility index (Phi) is 8.86. The van der Waals surface area contributed by atoms with Crippen molar-refractivity contribution >= 4 is 29.4 Å². The number of aryl methyl sites for hydroxylation is 1. The number of carboxylic acids is 1. The third kappa shape index (κ3) is 6.84. The number of piperidine rings is 1. The lowest BCUT2D eigenvalue weighted by Gasteiger charge is -2.38. The van der Waals surface area contributed by atoms with Gasteiger partial charge in [0.05, 0.1) is 17.8 Å². The molecule has 2 amide bonds. The van der Waals surface area contributed by atoms with Crippen LogP contribution in [0.15, 0.2) is 12.2 Å². The Balaban J connectivity index is 2.06. The Morgan fingerprint density at radius 2 is 2.13 bits per heavy atom. The lowest BCUT2D eigenvalue weighted by Crippen LogP contribution is -2.56. The van der Waals surface area contributed by atoms with Gasteiger partial charge in [-0.1, -0.05) is 32.4 Å². The summed E-state index contributed by atoms with van der Waals surface area (Å²) in [6.45, 7) is 7.20. The van der Waals surface area contributed by atoms with Crippen LogP contribution in [-0.2, 0) is 20.7 Å². The van der Waals surface area contributed by atoms with Gasteiger partial charge in [0.2, 0.25) is 5.91 Å². The second-order valence-electron chi connectivity index (χ2n) is 7.62. The maximum absolute atomic E-state index is 12.6. The molecule has 2 heterocycles. The van der Waals surface area contributed by atoms with Gasteiger partial charge in [0.25, 0.3) is 5.91 Å². The van der Waals surface area contributed by atoms with Crippen molar-refractivity contribution in [3.63, 3.8) is 0 Å². The molecule has 1 aliphatic rings. The SMILES string of the molecule is CCc1[nH]c(C(=O)N[C@@H]2CCN(C(=O)/C=C/C(=O)O)C[C@@H]2OCCC(C)C)nc1Cl. The Morgan fingerprint density at radius 3 is 2.73 bits per heavy atom. The number of carboxylic acid groups (broad SMARTS) is 1. The van der Waals surface area contributed by atoms with Crippen LogP contribution in [0.5, 0.6) is 0 Å². The maximum atomic E-state index is 12.6. The number of likely N-dealkylation sites (tertiary alicyclic amines) is 1. The van der Waals surface area contributed by atoms with Gasteiger partial charge in [-0.25, -0.2) is 9.78 Å². The first-order valence-corrected chi connectivity index (χ1v) is 10.5. The molecule has 9 nitrogen and oxygen atoms in total. The molecule has 1 aromatic heterocycles. The number of rotatable bonds is 9. The third-order valence-corrected chi connectivity index (χ3v) is 5.19. The molecule has 3 N–H and O–H groups in total. The number of aromatic amines is 1. The van der Waals surface area contributed by atoms with Crippen molar-refractivity contribution in [3.8, 4) is 0 Å². The van der Waals surface area contributed by atoms with Crippen LogP contribution in [0, 0.1) is 5.92 Å². The first-order chi connectivity index (χ1) is 14.2. The zero-order valence-corrected chi connectivity index (χ0v) is 18.2. The minimum Gasteiger partial charge on any atom is -0.478 e. The van der Waals surface area contributed by atoms with Gasteiger partial charge in [-0.15, -0.1) is 0 Å². The smallest absolute Gasteiger partial charge is 0.328 e. The number of amides is 2. The minimum absolute atomic E-state index is 0.140. The topological polar surface area (TPSA) is 125 Å². The van der Waals surface area contributed by atoms with E-state index in [9.17, 15) is 14.4 Å². The summed E-state index contributed by atoms with van der Waals surface area (Å²) in [7, 11) is 0. The first-order valence-electron chi connectivity index (χ1n) is 10.1. The summed E-state index contributed by atoms with van der Waals surface area (Å²) in [6.07, 6.45) is 3.38. The van der Waals surface area contributed by atoms with Gasteiger partial charge in [0.15, 0.2) is 11.0 Å². The number of hydrogen-bond donors (Lipinski definition) is 3. The average Bonchev–Trinajstić information content (AvgIpc) is 3.07. The van der Waals surface area contributed by atoms with E-state index in [1.165, 1.54) is 4.90 Å². The number of halogens is 1. The number of nitrogens with one attached hydrogen (secondary N) is 2. The van der Waals surface area contributed by atoms with Gasteiger partial charge in [-0.05, 0) is 25.2 Å². The van der Waals surface area contributed by atoms with E-state index in [4.69, 9.17) is 21.4 Å². The zero-order chi connectivity index (χ0) is 22.3. The van der Waals surface area contributed by atoms with Crippen LogP contribution < -0.4 is 5.32 Å². The molecule has 1 aliphatic heterocycles. The number of nitrogens with zero attached hydrogens (tertiary/aromatic N) is 2. The van der Waals surface area contributed by atoms with E-state index in [-0.39, 0.29) is 29.5 Å². The molecule has 2 atom stereocenters. The van der Waals surface area contributed by atoms with Crippen molar-refractivity contribution in [2.45, 2.75) is 52.2 Å². The number of hydrogen-bond acceptors (Lipinski definition) is 5. The molecule has 30 heavy (non-hydrogen) atoms. The van der Waals surface area contributed by atoms with Crippen molar-refractivity contribution in [3.05, 3.63) is 28.8 Å². The monoisotopic (exact) mass is 440 g/mol. The van der Waals surface area contributed by atoms with Crippen molar-refractivity contribution in [1.29, 1.82) is 0 Å². The highest BCUT2D eigenvalue weighted by Gasteiger charge is 2.33. The van der Waals surface area contributed by atoms with Gasteiger partial charge in [0, 0.05) is 31.8 Å². The number of carbonyl (C=O) groups is 3. The highest BCUT2D eigenvalue weighted by molar-refractivity contribution is 6.30. The van der Waals surface area contributed by atoms with Crippen LogP contribution in [0.25, 0.3) is 0 Å². The number of H-pyrrole nitrogens is 1. The molecule has 1 saturated heterocycles. The maximum Gasteiger partial charge on any atom is 0.328 e. The van der Waals surface area contributed by atoms with Crippen LogP contribution in [0.4, 0.5) is 0 Å². The Bertz CT molecular complexity index is 792. The average molecular weight is 441 g/mol. The quantitative estimate of drug-likeness (QED) is 0.504. The molecule has 1 aromatic rings. The summed E-state index contributed by atoms with van der Waals surface area (Å²) in [5.74, 6) is -1.37. The Hall–Kier alpha value is -2.39. The van der Waals surface area contributed by atoms with E-state index < -0.39 is 18.0 Å². The van der Waals surface area contributed by atoms with E-state index in [0.29, 0.717) is 37.6 Å². The number of carbonyl (C=O) groups excluding carboxylic acids is 2. The number of aromatic nitrogens is 2. The van der Waals surface area contributed by atoms with Gasteiger partial charge < -0.3 is 25.0 Å². The molecular formula is C20H29ClN4O5. The second kappa shape index (κ2) is 11.1. The van der Waals surface area contributed by atoms with Gasteiger partial charge >= 0.3 is 5.97 Å². The highest BCUT2D eigenvalue weighted by atomic mass is 35.5. The fraction of sp³-hybridized carbons (Fsp3) is 0.600. The number of imidazole rings is 1. The predicted octanol–water partition coefficient (Wildman–Crippen LogP) is 2.03. The van der Waals surface area contributed by atoms with Gasteiger partial charge in [-0.2, -0.15) is 0 Å². The lowest BCUT2D eigenvalue weighted by atomic mass is 10.0. The molecule has 0 bridgehead atoms. The number of aliphatic carboxylic acids is 1. The highest BCUT2D eigenvalue weighted by Crippen LogP contribution is 2.18. The molecule has 10 heteroatoms. The van der Waals surface area contributed by atoms with Crippen LogP contribution in [-0.4, -0.2) is 69.6 Å². The summed E-state index contributed by atoms with van der Waals surface area (Å²) < 4.78 is 5.99. The van der Waals surface area contributed by atoms with E-state index in [2.05, 4.69) is 29.1 Å². The van der Waals surface area contributed by atoms with Crippen LogP contribution in [0.3, 0.4) is 0 Å². The molecule has 0 radical (unpaired) electrons. The fourth-order valence-corrected chi connectivity index (χ4v) is 3.39. The summed E-state index contributed by atoms with van der Waals surface area (Å²) in [4.78, 5) is 44.1. The lowest BCUT2D eigenvalue weighted by molar-refractivity contribution is -0.133. The molecule has 0 spiro atoms. The zero-order valence-electron chi connectivity index (χ0n) is 17.5. The minimum atomic E-state index is -1.18. The standard InChI is InChI=1S/C20H29ClN4O5/c1-4-13-18(21)24-19(22-13)20(29)23-14-7-9-25(16(26)5-6-17(27)28)11-15(14)30-10-8-12(2)3/h5-6,12,14-15H,4,7-11H2,1-3H3,(H,22,24)(H,23,29)(H,27,28)/b6-5+/t14-,15+/m1/s1. The summed E-state index contributed by atoms with van der Waals surface area (Å²) in [5.41, 5.74) is 0.692. The van der Waals surface area contributed by atoms with Gasteiger partial charge in [0.1, 0.15) is 0 Å². The number of ether oxygens (including phenoxy) is 1. The van der Waals surface area contributed by atoms with Crippen LogP contribution in [0.1, 0.15) is 49.9 Å². The van der Waals surface area contributed by atoms with E-state index in [0.717, 1.165) is 18.6 Å². The molecule has 166 valence electrons. The normalized spacial score (nSPS) is 19.4. The third-order valence-electron chi connectivity index (χ3n) is 4.88. The molecule has 0 aliphatic carbocycles. The van der Waals surface area contributed by atoms with E-state index in [1.54, 1.807) is 0 Å². The Morgan fingerprint density at radius 1 is 1.40 bits per heavy atom. The summed E-state index contributed by atoms with van der Waals surface area (Å²) >= 11 is 6.03. The van der Waals surface area contributed by atoms with E-state index >= 15 is 0 Å². The predicted molar refractivity (Wildman–Crippen MR) is 111 cm³/mol. The molecule has 0 saturated carbocycles. The van der Waals surface area contributed by atoms with Crippen LogP contribution >= 0.6 is 11.6 Å².